The third-order valence-corrected chi connectivity index (χ3v) is 5.31. The maximum Gasteiger partial charge on any atom is 0.311 e. The lowest BCUT2D eigenvalue weighted by molar-refractivity contribution is -0.162. The van der Waals surface area contributed by atoms with Crippen molar-refractivity contribution < 1.29 is 19.1 Å². The van der Waals surface area contributed by atoms with Gasteiger partial charge in [0.05, 0.1) is 11.5 Å². The predicted molar refractivity (Wildman–Crippen MR) is 75.8 cm³/mol. The van der Waals surface area contributed by atoms with Gasteiger partial charge in [-0.15, -0.1) is 0 Å². The summed E-state index contributed by atoms with van der Waals surface area (Å²) in [6.07, 6.45) is -0.636. The molecular weight excluding hydrogens is 303 g/mol. The summed E-state index contributed by atoms with van der Waals surface area (Å²) in [7, 11) is 0. The molecule has 0 bridgehead atoms. The Morgan fingerprint density at radius 1 is 1.35 bits per heavy atom. The van der Waals surface area contributed by atoms with Crippen LogP contribution >= 0.6 is 23.2 Å². The summed E-state index contributed by atoms with van der Waals surface area (Å²) in [5, 5.41) is 0. The van der Waals surface area contributed by atoms with E-state index in [0.29, 0.717) is 0 Å². The molecule has 1 saturated heterocycles. The predicted octanol–water partition coefficient (Wildman–Crippen LogP) is 2.88. The summed E-state index contributed by atoms with van der Waals surface area (Å²) in [6, 6.07) is 0. The molecule has 114 valence electrons. The molecule has 0 radical (unpaired) electrons. The zero-order chi connectivity index (χ0) is 15.5. The fourth-order valence-corrected chi connectivity index (χ4v) is 3.53. The number of halogens is 2. The highest BCUT2D eigenvalue weighted by Gasteiger charge is 2.73. The fourth-order valence-electron chi connectivity index (χ4n) is 2.83. The highest BCUT2D eigenvalue weighted by Crippen LogP contribution is 2.59. The van der Waals surface area contributed by atoms with Gasteiger partial charge in [-0.3, -0.25) is 9.59 Å². The van der Waals surface area contributed by atoms with Crippen LogP contribution in [-0.2, 0) is 19.1 Å². The van der Waals surface area contributed by atoms with Gasteiger partial charge in [-0.1, -0.05) is 30.1 Å². The molecule has 0 aromatic heterocycles. The molecule has 20 heavy (non-hydrogen) atoms. The highest BCUT2D eigenvalue weighted by atomic mass is 35.5. The van der Waals surface area contributed by atoms with E-state index in [-0.39, 0.29) is 30.2 Å². The van der Waals surface area contributed by atoms with Gasteiger partial charge in [-0.05, 0) is 27.7 Å². The van der Waals surface area contributed by atoms with Crippen LogP contribution in [0.3, 0.4) is 0 Å². The molecule has 6 heteroatoms. The van der Waals surface area contributed by atoms with Crippen molar-refractivity contribution in [3.05, 3.63) is 0 Å². The van der Waals surface area contributed by atoms with Crippen LogP contribution in [0.2, 0.25) is 0 Å². The number of esters is 1. The number of hydrogen-bond donors (Lipinski definition) is 0. The number of rotatable bonds is 1. The SMILES string of the molecule is C[C@@H]1O[C@@]2(CC(=O)C2(Cl)Cl)[C@@H](C)[C@H]1OC(=O)C(C)(C)C. The molecule has 0 aromatic rings. The van der Waals surface area contributed by atoms with E-state index in [1.165, 1.54) is 0 Å². The van der Waals surface area contributed by atoms with E-state index in [1.54, 1.807) is 27.7 Å². The Labute approximate surface area is 129 Å². The summed E-state index contributed by atoms with van der Waals surface area (Å²) in [5.74, 6) is -0.790. The molecule has 1 heterocycles. The van der Waals surface area contributed by atoms with Gasteiger partial charge in [0, 0.05) is 12.3 Å². The van der Waals surface area contributed by atoms with Gasteiger partial charge in [-0.2, -0.15) is 0 Å². The monoisotopic (exact) mass is 322 g/mol. The van der Waals surface area contributed by atoms with Crippen LogP contribution in [0.5, 0.6) is 0 Å². The first-order valence-electron chi connectivity index (χ1n) is 6.73. The minimum absolute atomic E-state index is 0.162. The number of alkyl halides is 2. The van der Waals surface area contributed by atoms with Crippen molar-refractivity contribution >= 4 is 35.0 Å². The smallest absolute Gasteiger partial charge is 0.311 e. The maximum absolute atomic E-state index is 12.0. The van der Waals surface area contributed by atoms with E-state index in [1.807, 2.05) is 6.92 Å². The topological polar surface area (TPSA) is 52.6 Å². The van der Waals surface area contributed by atoms with Crippen molar-refractivity contribution in [1.82, 2.24) is 0 Å². The second kappa shape index (κ2) is 4.59. The lowest BCUT2D eigenvalue weighted by Crippen LogP contribution is -2.66. The molecule has 0 unspecified atom stereocenters. The van der Waals surface area contributed by atoms with Crippen LogP contribution in [0.25, 0.3) is 0 Å². The maximum atomic E-state index is 12.0. The Bertz CT molecular complexity index is 455. The average molecular weight is 323 g/mol. The molecule has 1 saturated carbocycles. The quantitative estimate of drug-likeness (QED) is 0.550. The van der Waals surface area contributed by atoms with E-state index < -0.39 is 21.5 Å². The molecule has 0 aromatic carbocycles. The van der Waals surface area contributed by atoms with Gasteiger partial charge in [0.2, 0.25) is 4.33 Å². The fraction of sp³-hybridized carbons (Fsp3) is 0.857. The van der Waals surface area contributed by atoms with Crippen LogP contribution < -0.4 is 0 Å². The van der Waals surface area contributed by atoms with Crippen LogP contribution in [0, 0.1) is 11.3 Å². The van der Waals surface area contributed by atoms with Crippen molar-refractivity contribution in [3.8, 4) is 0 Å². The Hall–Kier alpha value is -0.320. The average Bonchev–Trinajstić information content (AvgIpc) is 2.55. The van der Waals surface area contributed by atoms with Crippen molar-refractivity contribution in [3.63, 3.8) is 0 Å². The first-order chi connectivity index (χ1) is 8.93. The van der Waals surface area contributed by atoms with E-state index >= 15 is 0 Å². The largest absolute Gasteiger partial charge is 0.459 e. The summed E-state index contributed by atoms with van der Waals surface area (Å²) >= 11 is 12.2. The summed E-state index contributed by atoms with van der Waals surface area (Å²) in [4.78, 5) is 23.6. The van der Waals surface area contributed by atoms with Gasteiger partial charge in [0.1, 0.15) is 11.7 Å². The first-order valence-corrected chi connectivity index (χ1v) is 7.49. The molecule has 4 atom stereocenters. The number of hydrogen-bond acceptors (Lipinski definition) is 4. The molecule has 2 aliphatic rings. The Kier molecular flexibility index (Phi) is 3.68. The molecule has 0 amide bonds. The molecule has 2 fully saturated rings. The minimum Gasteiger partial charge on any atom is -0.459 e. The number of carbonyl (C=O) groups is 2. The van der Waals surface area contributed by atoms with Gasteiger partial charge >= 0.3 is 5.97 Å². The minimum atomic E-state index is -1.55. The van der Waals surface area contributed by atoms with E-state index in [2.05, 4.69) is 0 Å². The van der Waals surface area contributed by atoms with Gasteiger partial charge < -0.3 is 9.47 Å². The van der Waals surface area contributed by atoms with Crippen molar-refractivity contribution in [1.29, 1.82) is 0 Å². The van der Waals surface area contributed by atoms with E-state index in [9.17, 15) is 9.59 Å². The van der Waals surface area contributed by atoms with E-state index in [4.69, 9.17) is 32.7 Å². The third-order valence-electron chi connectivity index (χ3n) is 4.25. The molecular formula is C14H20Cl2O4. The number of ketones is 1. The molecule has 2 rings (SSSR count). The standard InChI is InChI=1S/C14H20Cl2O4/c1-7-10(19-11(18)12(3,4)5)8(2)20-13(7)6-9(17)14(13,15)16/h7-8,10H,6H2,1-5H3/t7-,8-,10+,13-/m0/s1. The van der Waals surface area contributed by atoms with Crippen molar-refractivity contribution in [2.24, 2.45) is 11.3 Å². The van der Waals surface area contributed by atoms with Crippen molar-refractivity contribution in [2.75, 3.05) is 0 Å². The Morgan fingerprint density at radius 3 is 2.30 bits per heavy atom. The Morgan fingerprint density at radius 2 is 1.90 bits per heavy atom. The summed E-state index contributed by atoms with van der Waals surface area (Å²) in [5.41, 5.74) is -1.54. The molecule has 1 aliphatic heterocycles. The first kappa shape index (κ1) is 16.1. The van der Waals surface area contributed by atoms with Crippen LogP contribution in [0.15, 0.2) is 0 Å². The normalized spacial score (nSPS) is 39.8. The highest BCUT2D eigenvalue weighted by molar-refractivity contribution is 6.61. The zero-order valence-corrected chi connectivity index (χ0v) is 13.8. The summed E-state index contributed by atoms with van der Waals surface area (Å²) < 4.78 is 9.86. The molecule has 4 nitrogen and oxygen atoms in total. The third kappa shape index (κ3) is 2.08. The second-order valence-corrected chi connectivity index (χ2v) is 8.12. The number of Topliss-reactive ketones (excluding diaryl/α,β-unsaturated/α-hetero) is 1. The zero-order valence-electron chi connectivity index (χ0n) is 12.3. The van der Waals surface area contributed by atoms with Gasteiger partial charge in [0.25, 0.3) is 0 Å². The molecule has 1 spiro atoms. The van der Waals surface area contributed by atoms with Crippen LogP contribution in [-0.4, -0.2) is 33.9 Å². The molecule has 0 N–H and O–H groups in total. The van der Waals surface area contributed by atoms with Crippen LogP contribution in [0.1, 0.15) is 41.0 Å². The summed E-state index contributed by atoms with van der Waals surface area (Å²) in [6.45, 7) is 9.03. The Balaban J connectivity index is 2.19. The van der Waals surface area contributed by atoms with Crippen molar-refractivity contribution in [2.45, 2.75) is 63.2 Å². The molecule has 1 aliphatic carbocycles. The second-order valence-electron chi connectivity index (χ2n) is 6.80. The van der Waals surface area contributed by atoms with Gasteiger partial charge in [0.15, 0.2) is 5.78 Å². The van der Waals surface area contributed by atoms with Crippen LogP contribution in [0.4, 0.5) is 0 Å². The lowest BCUT2D eigenvalue weighted by atomic mass is 9.69. The van der Waals surface area contributed by atoms with E-state index in [0.717, 1.165) is 0 Å². The number of carbonyl (C=O) groups excluding carboxylic acids is 2. The lowest BCUT2D eigenvalue weighted by Gasteiger charge is -2.49. The number of ether oxygens (including phenoxy) is 2. The van der Waals surface area contributed by atoms with Gasteiger partial charge in [-0.25, -0.2) is 0 Å².